The standard InChI is InChI=1S/C23H15F4N3O2/c24-15-3-6-18(20(11-15)32-13-23(25,26)27)21-19-12-30(22(31)17(19)8-10-29-21)16-4-1-14(2-5-16)7-9-28/h1-6,8,10-11H,7,12-13H2. The summed E-state index contributed by atoms with van der Waals surface area (Å²) in [6.07, 6.45) is -2.98. The van der Waals surface area contributed by atoms with Crippen LogP contribution in [0.2, 0.25) is 0 Å². The number of aromatic nitrogens is 1. The maximum absolute atomic E-state index is 13.7. The third kappa shape index (κ3) is 4.25. The summed E-state index contributed by atoms with van der Waals surface area (Å²) < 4.78 is 56.5. The van der Waals surface area contributed by atoms with Gasteiger partial charge < -0.3 is 9.64 Å². The number of alkyl halides is 3. The van der Waals surface area contributed by atoms with Crippen LogP contribution in [0, 0.1) is 17.1 Å². The average Bonchev–Trinajstić information content (AvgIpc) is 3.10. The van der Waals surface area contributed by atoms with Crippen molar-refractivity contribution in [3.05, 3.63) is 77.2 Å². The molecule has 32 heavy (non-hydrogen) atoms. The van der Waals surface area contributed by atoms with E-state index < -0.39 is 18.6 Å². The van der Waals surface area contributed by atoms with Crippen molar-refractivity contribution in [3.8, 4) is 23.1 Å². The Morgan fingerprint density at radius 2 is 1.84 bits per heavy atom. The summed E-state index contributed by atoms with van der Waals surface area (Å²) in [4.78, 5) is 18.8. The lowest BCUT2D eigenvalue weighted by atomic mass is 10.0. The molecule has 5 nitrogen and oxygen atoms in total. The molecule has 3 aromatic rings. The minimum absolute atomic E-state index is 0.130. The Morgan fingerprint density at radius 1 is 1.09 bits per heavy atom. The number of carbonyl (C=O) groups excluding carboxylic acids is 1. The Hall–Kier alpha value is -3.93. The number of benzene rings is 2. The summed E-state index contributed by atoms with van der Waals surface area (Å²) in [5.74, 6) is -1.36. The number of rotatable bonds is 5. The van der Waals surface area contributed by atoms with Crippen molar-refractivity contribution in [3.63, 3.8) is 0 Å². The molecule has 0 aliphatic carbocycles. The number of fused-ring (bicyclic) bond motifs is 1. The van der Waals surface area contributed by atoms with Gasteiger partial charge in [0.2, 0.25) is 0 Å². The summed E-state index contributed by atoms with van der Waals surface area (Å²) in [5, 5.41) is 8.80. The van der Waals surface area contributed by atoms with Crippen molar-refractivity contribution < 1.29 is 27.1 Å². The first-order valence-electron chi connectivity index (χ1n) is 9.52. The normalized spacial score (nSPS) is 13.1. The van der Waals surface area contributed by atoms with E-state index in [0.29, 0.717) is 16.8 Å². The molecule has 1 aliphatic rings. The van der Waals surface area contributed by atoms with Crippen molar-refractivity contribution >= 4 is 11.6 Å². The predicted molar refractivity (Wildman–Crippen MR) is 107 cm³/mol. The van der Waals surface area contributed by atoms with Crippen LogP contribution in [0.5, 0.6) is 5.75 Å². The molecule has 2 aromatic carbocycles. The first kappa shape index (κ1) is 21.3. The molecular weight excluding hydrogens is 426 g/mol. The van der Waals surface area contributed by atoms with Crippen LogP contribution in [0.3, 0.4) is 0 Å². The summed E-state index contributed by atoms with van der Waals surface area (Å²) in [6, 6.07) is 13.8. The van der Waals surface area contributed by atoms with E-state index in [2.05, 4.69) is 11.1 Å². The number of ether oxygens (including phenoxy) is 1. The van der Waals surface area contributed by atoms with Gasteiger partial charge in [-0.15, -0.1) is 0 Å². The highest BCUT2D eigenvalue weighted by molar-refractivity contribution is 6.11. The van der Waals surface area contributed by atoms with Crippen molar-refractivity contribution in [2.24, 2.45) is 0 Å². The third-order valence-electron chi connectivity index (χ3n) is 4.97. The Bertz CT molecular complexity index is 1220. The Labute approximate surface area is 180 Å². The van der Waals surface area contributed by atoms with Crippen molar-refractivity contribution in [1.29, 1.82) is 5.26 Å². The largest absolute Gasteiger partial charge is 0.483 e. The van der Waals surface area contributed by atoms with E-state index in [1.54, 1.807) is 24.3 Å². The molecule has 0 N–H and O–H groups in total. The maximum atomic E-state index is 13.7. The SMILES string of the molecule is N#CCc1ccc(N2Cc3c(ccnc3-c3ccc(F)cc3OCC(F)(F)F)C2=O)cc1. The van der Waals surface area contributed by atoms with Crippen LogP contribution in [-0.2, 0) is 13.0 Å². The summed E-state index contributed by atoms with van der Waals surface area (Å²) in [6.45, 7) is -1.45. The van der Waals surface area contributed by atoms with Crippen LogP contribution in [0.1, 0.15) is 21.5 Å². The fourth-order valence-electron chi connectivity index (χ4n) is 3.52. The van der Waals surface area contributed by atoms with Crippen molar-refractivity contribution in [2.45, 2.75) is 19.1 Å². The van der Waals surface area contributed by atoms with E-state index in [1.807, 2.05) is 0 Å². The van der Waals surface area contributed by atoms with Gasteiger partial charge in [0, 0.05) is 34.6 Å². The van der Waals surface area contributed by atoms with Gasteiger partial charge in [-0.1, -0.05) is 12.1 Å². The van der Waals surface area contributed by atoms with Crippen LogP contribution in [0.15, 0.2) is 54.7 Å². The highest BCUT2D eigenvalue weighted by Gasteiger charge is 2.33. The van der Waals surface area contributed by atoms with Crippen molar-refractivity contribution in [2.75, 3.05) is 11.5 Å². The second-order valence-corrected chi connectivity index (χ2v) is 7.12. The number of nitrogens with zero attached hydrogens (tertiary/aromatic N) is 3. The number of pyridine rings is 1. The molecule has 0 saturated carbocycles. The van der Waals surface area contributed by atoms with Gasteiger partial charge in [-0.2, -0.15) is 18.4 Å². The van der Waals surface area contributed by atoms with Crippen LogP contribution in [0.4, 0.5) is 23.2 Å². The zero-order valence-corrected chi connectivity index (χ0v) is 16.5. The molecule has 9 heteroatoms. The predicted octanol–water partition coefficient (Wildman–Crippen LogP) is 5.06. The van der Waals surface area contributed by atoms with Gasteiger partial charge in [0.15, 0.2) is 6.61 Å². The number of hydrogen-bond acceptors (Lipinski definition) is 4. The smallest absolute Gasteiger partial charge is 0.422 e. The maximum Gasteiger partial charge on any atom is 0.422 e. The fourth-order valence-corrected chi connectivity index (χ4v) is 3.52. The zero-order chi connectivity index (χ0) is 22.9. The molecule has 0 fully saturated rings. The van der Waals surface area contributed by atoms with Crippen LogP contribution in [0.25, 0.3) is 11.3 Å². The van der Waals surface area contributed by atoms with Crippen LogP contribution < -0.4 is 9.64 Å². The van der Waals surface area contributed by atoms with Crippen LogP contribution in [-0.4, -0.2) is 23.7 Å². The second kappa shape index (κ2) is 8.30. The molecule has 0 saturated heterocycles. The van der Waals surface area contributed by atoms with Crippen molar-refractivity contribution in [1.82, 2.24) is 4.98 Å². The lowest BCUT2D eigenvalue weighted by molar-refractivity contribution is -0.153. The van der Waals surface area contributed by atoms with E-state index >= 15 is 0 Å². The number of halogens is 4. The molecule has 1 amide bonds. The lowest BCUT2D eigenvalue weighted by Gasteiger charge is -2.17. The van der Waals surface area contributed by atoms with Gasteiger partial charge in [0.25, 0.3) is 5.91 Å². The number of anilines is 1. The minimum atomic E-state index is -4.60. The van der Waals surface area contributed by atoms with E-state index in [0.717, 1.165) is 17.7 Å². The quantitative estimate of drug-likeness (QED) is 0.520. The van der Waals surface area contributed by atoms with E-state index in [-0.39, 0.29) is 35.9 Å². The lowest BCUT2D eigenvalue weighted by Crippen LogP contribution is -2.22. The first-order chi connectivity index (χ1) is 15.3. The topological polar surface area (TPSA) is 66.2 Å². The number of hydrogen-bond donors (Lipinski definition) is 0. The minimum Gasteiger partial charge on any atom is -0.483 e. The van der Waals surface area contributed by atoms with E-state index in [1.165, 1.54) is 23.2 Å². The van der Waals surface area contributed by atoms with Gasteiger partial charge in [-0.25, -0.2) is 4.39 Å². The molecule has 0 bridgehead atoms. The highest BCUT2D eigenvalue weighted by atomic mass is 19.4. The molecule has 162 valence electrons. The zero-order valence-electron chi connectivity index (χ0n) is 16.5. The molecule has 0 spiro atoms. The molecule has 0 radical (unpaired) electrons. The summed E-state index contributed by atoms with van der Waals surface area (Å²) in [7, 11) is 0. The Balaban J connectivity index is 1.70. The molecular formula is C23H15F4N3O2. The monoisotopic (exact) mass is 441 g/mol. The van der Waals surface area contributed by atoms with Gasteiger partial charge in [0.05, 0.1) is 24.7 Å². The van der Waals surface area contributed by atoms with Gasteiger partial charge in [0.1, 0.15) is 11.6 Å². The molecule has 1 aromatic heterocycles. The number of amides is 1. The van der Waals surface area contributed by atoms with Gasteiger partial charge in [-0.05, 0) is 35.9 Å². The molecule has 4 rings (SSSR count). The first-order valence-corrected chi connectivity index (χ1v) is 9.52. The summed E-state index contributed by atoms with van der Waals surface area (Å²) in [5.41, 5.74) is 2.67. The molecule has 2 heterocycles. The Morgan fingerprint density at radius 3 is 2.53 bits per heavy atom. The van der Waals surface area contributed by atoms with E-state index in [4.69, 9.17) is 10.00 Å². The average molecular weight is 441 g/mol. The van der Waals surface area contributed by atoms with E-state index in [9.17, 15) is 22.4 Å². The summed E-state index contributed by atoms with van der Waals surface area (Å²) >= 11 is 0. The molecule has 0 atom stereocenters. The number of nitriles is 1. The molecule has 0 unspecified atom stereocenters. The van der Waals surface area contributed by atoms with Gasteiger partial charge in [-0.3, -0.25) is 9.78 Å². The fraction of sp³-hybridized carbons (Fsp3) is 0.174. The number of carbonyl (C=O) groups is 1. The third-order valence-corrected chi connectivity index (χ3v) is 4.97. The second-order valence-electron chi connectivity index (χ2n) is 7.12. The van der Waals surface area contributed by atoms with Gasteiger partial charge >= 0.3 is 6.18 Å². The Kier molecular flexibility index (Phi) is 5.53. The highest BCUT2D eigenvalue weighted by Crippen LogP contribution is 2.38. The van der Waals surface area contributed by atoms with Crippen LogP contribution >= 0.6 is 0 Å². The molecule has 1 aliphatic heterocycles.